The van der Waals surface area contributed by atoms with Gasteiger partial charge in [-0.25, -0.2) is 4.79 Å². The second-order valence-corrected chi connectivity index (χ2v) is 7.90. The monoisotopic (exact) mass is 426 g/mol. The van der Waals surface area contributed by atoms with E-state index in [4.69, 9.17) is 4.74 Å². The van der Waals surface area contributed by atoms with Crippen molar-refractivity contribution in [2.45, 2.75) is 20.3 Å². The number of hydrogen-bond donors (Lipinski definition) is 1. The maximum absolute atomic E-state index is 13.5. The summed E-state index contributed by atoms with van der Waals surface area (Å²) in [6.07, 6.45) is 3.51. The highest BCUT2D eigenvalue weighted by molar-refractivity contribution is 6.40. The van der Waals surface area contributed by atoms with E-state index in [2.05, 4.69) is 0 Å². The van der Waals surface area contributed by atoms with Crippen LogP contribution in [0, 0.1) is 0 Å². The van der Waals surface area contributed by atoms with Gasteiger partial charge in [-0.2, -0.15) is 0 Å². The Labute approximate surface area is 185 Å². The van der Waals surface area contributed by atoms with Gasteiger partial charge in [0, 0.05) is 22.1 Å². The fourth-order valence-corrected chi connectivity index (χ4v) is 4.11. The number of Topliss-reactive ketones (excluding diaryl/α,β-unsaturated/α-hetero) is 1. The number of carbonyl (C=O) groups is 3. The van der Waals surface area contributed by atoms with Gasteiger partial charge in [0.1, 0.15) is 11.3 Å². The fourth-order valence-electron chi connectivity index (χ4n) is 4.11. The Kier molecular flexibility index (Phi) is 5.49. The van der Waals surface area contributed by atoms with Crippen LogP contribution in [0.1, 0.15) is 56.0 Å². The molecule has 1 aliphatic carbocycles. The van der Waals surface area contributed by atoms with Gasteiger partial charge in [-0.05, 0) is 42.9 Å². The summed E-state index contributed by atoms with van der Waals surface area (Å²) in [5.41, 5.74) is 2.78. The molecule has 4 rings (SSSR count). The van der Waals surface area contributed by atoms with Crippen molar-refractivity contribution < 1.29 is 24.2 Å². The Morgan fingerprint density at radius 3 is 2.25 bits per heavy atom. The zero-order valence-corrected chi connectivity index (χ0v) is 18.1. The molecule has 3 aromatic rings. The number of ketones is 2. The molecule has 0 unspecified atom stereocenters. The second-order valence-electron chi connectivity index (χ2n) is 7.90. The van der Waals surface area contributed by atoms with Crippen LogP contribution in [0.25, 0.3) is 16.3 Å². The van der Waals surface area contributed by atoms with Crippen LogP contribution in [0.5, 0.6) is 5.75 Å². The first-order valence-electron chi connectivity index (χ1n) is 10.2. The van der Waals surface area contributed by atoms with Gasteiger partial charge in [-0.1, -0.05) is 60.2 Å². The van der Waals surface area contributed by atoms with Gasteiger partial charge in [-0.15, -0.1) is 0 Å². The molecule has 0 aromatic heterocycles. The number of hydrogen-bond acceptors (Lipinski definition) is 5. The van der Waals surface area contributed by atoms with Crippen molar-refractivity contribution in [3.05, 3.63) is 94.1 Å². The summed E-state index contributed by atoms with van der Waals surface area (Å²) in [6.45, 7) is 3.84. The molecule has 0 aliphatic heterocycles. The number of phenolic OH excluding ortho intramolecular Hbond substituents is 1. The van der Waals surface area contributed by atoms with Gasteiger partial charge >= 0.3 is 5.97 Å². The molecular formula is C27H22O5. The third kappa shape index (κ3) is 3.42. The predicted octanol–water partition coefficient (Wildman–Crippen LogP) is 5.30. The number of fused-ring (bicyclic) bond motifs is 2. The summed E-state index contributed by atoms with van der Waals surface area (Å²) >= 11 is 0. The van der Waals surface area contributed by atoms with Gasteiger partial charge in [0.25, 0.3) is 0 Å². The third-order valence-corrected chi connectivity index (χ3v) is 5.62. The smallest absolute Gasteiger partial charge is 0.341 e. The lowest BCUT2D eigenvalue weighted by atomic mass is 9.80. The number of aromatic hydroxyl groups is 1. The quantitative estimate of drug-likeness (QED) is 0.452. The highest BCUT2D eigenvalue weighted by Crippen LogP contribution is 2.41. The molecule has 5 heteroatoms. The van der Waals surface area contributed by atoms with Crippen LogP contribution in [0.2, 0.25) is 0 Å². The van der Waals surface area contributed by atoms with E-state index in [0.29, 0.717) is 33.0 Å². The standard InChI is InChI=1S/C27H22O5/c1-15(2)12-13-20-23(21-14-22(28)16-8-4-6-10-18(16)25(21)29)17-9-5-7-11-19(17)26(30)24(20)27(31)32-3/h4-12,14,30H,13H2,1-3H3. The van der Waals surface area contributed by atoms with Crippen LogP contribution in [0.15, 0.2) is 66.3 Å². The van der Waals surface area contributed by atoms with E-state index in [9.17, 15) is 19.5 Å². The summed E-state index contributed by atoms with van der Waals surface area (Å²) in [5.74, 6) is -1.49. The molecule has 1 aliphatic rings. The van der Waals surface area contributed by atoms with Gasteiger partial charge in [0.15, 0.2) is 11.6 Å². The number of esters is 1. The van der Waals surface area contributed by atoms with E-state index in [1.807, 2.05) is 19.9 Å². The summed E-state index contributed by atoms with van der Waals surface area (Å²) < 4.78 is 4.97. The normalized spacial score (nSPS) is 12.9. The van der Waals surface area contributed by atoms with Crippen LogP contribution < -0.4 is 0 Å². The van der Waals surface area contributed by atoms with Crippen molar-refractivity contribution >= 4 is 33.9 Å². The Hall–Kier alpha value is -3.99. The largest absolute Gasteiger partial charge is 0.506 e. The summed E-state index contributed by atoms with van der Waals surface area (Å²) in [4.78, 5) is 39.2. The minimum atomic E-state index is -0.706. The lowest BCUT2D eigenvalue weighted by molar-refractivity contribution is 0.0596. The molecule has 0 spiro atoms. The number of ether oxygens (including phenoxy) is 1. The number of rotatable bonds is 4. The minimum absolute atomic E-state index is 0.00120. The molecule has 0 fully saturated rings. The lowest BCUT2D eigenvalue weighted by Gasteiger charge is -2.22. The fraction of sp³-hybridized carbons (Fsp3) is 0.148. The van der Waals surface area contributed by atoms with E-state index < -0.39 is 5.97 Å². The summed E-state index contributed by atoms with van der Waals surface area (Å²) in [6, 6.07) is 13.7. The van der Waals surface area contributed by atoms with Gasteiger partial charge in [0.2, 0.25) is 0 Å². The summed E-state index contributed by atoms with van der Waals surface area (Å²) in [7, 11) is 1.24. The Balaban J connectivity index is 2.13. The zero-order chi connectivity index (χ0) is 23.0. The predicted molar refractivity (Wildman–Crippen MR) is 123 cm³/mol. The first-order chi connectivity index (χ1) is 15.3. The van der Waals surface area contributed by atoms with Crippen LogP contribution in [-0.2, 0) is 11.2 Å². The molecule has 160 valence electrons. The average Bonchev–Trinajstić information content (AvgIpc) is 2.80. The van der Waals surface area contributed by atoms with Crippen molar-refractivity contribution in [2.24, 2.45) is 0 Å². The molecule has 5 nitrogen and oxygen atoms in total. The lowest BCUT2D eigenvalue weighted by Crippen LogP contribution is -2.18. The molecule has 0 saturated heterocycles. The van der Waals surface area contributed by atoms with Crippen molar-refractivity contribution in [3.63, 3.8) is 0 Å². The average molecular weight is 426 g/mol. The topological polar surface area (TPSA) is 80.7 Å². The van der Waals surface area contributed by atoms with Crippen molar-refractivity contribution in [1.29, 1.82) is 0 Å². The van der Waals surface area contributed by atoms with Crippen LogP contribution in [0.3, 0.4) is 0 Å². The number of phenols is 1. The Morgan fingerprint density at radius 1 is 0.969 bits per heavy atom. The molecule has 1 N–H and O–H groups in total. The minimum Gasteiger partial charge on any atom is -0.506 e. The van der Waals surface area contributed by atoms with E-state index in [0.717, 1.165) is 5.57 Å². The molecule has 0 atom stereocenters. The summed E-state index contributed by atoms with van der Waals surface area (Å²) in [5, 5.41) is 12.0. The molecule has 3 aromatic carbocycles. The van der Waals surface area contributed by atoms with E-state index in [-0.39, 0.29) is 34.9 Å². The maximum Gasteiger partial charge on any atom is 0.341 e. The SMILES string of the molecule is COC(=O)c1c(CC=C(C)C)c(C2=CC(=O)c3ccccc3C2=O)c2ccccc2c1O. The highest BCUT2D eigenvalue weighted by Gasteiger charge is 2.32. The van der Waals surface area contributed by atoms with E-state index in [1.165, 1.54) is 13.2 Å². The zero-order valence-electron chi connectivity index (χ0n) is 18.1. The molecule has 32 heavy (non-hydrogen) atoms. The highest BCUT2D eigenvalue weighted by atomic mass is 16.5. The third-order valence-electron chi connectivity index (χ3n) is 5.62. The van der Waals surface area contributed by atoms with Crippen LogP contribution >= 0.6 is 0 Å². The van der Waals surface area contributed by atoms with Gasteiger partial charge in [0.05, 0.1) is 7.11 Å². The van der Waals surface area contributed by atoms with E-state index in [1.54, 1.807) is 48.5 Å². The van der Waals surface area contributed by atoms with Crippen LogP contribution in [0.4, 0.5) is 0 Å². The second kappa shape index (κ2) is 8.27. The molecule has 0 saturated carbocycles. The van der Waals surface area contributed by atoms with Crippen LogP contribution in [-0.4, -0.2) is 29.8 Å². The van der Waals surface area contributed by atoms with E-state index >= 15 is 0 Å². The molecule has 0 amide bonds. The molecule has 0 radical (unpaired) electrons. The number of benzene rings is 3. The maximum atomic E-state index is 13.5. The van der Waals surface area contributed by atoms with Gasteiger partial charge in [-0.3, -0.25) is 9.59 Å². The number of carbonyl (C=O) groups excluding carboxylic acids is 3. The number of allylic oxidation sites excluding steroid dienone is 4. The Morgan fingerprint density at radius 2 is 1.59 bits per heavy atom. The molecule has 0 bridgehead atoms. The Bertz CT molecular complexity index is 1350. The first kappa shape index (κ1) is 21.2. The molecular weight excluding hydrogens is 404 g/mol. The first-order valence-corrected chi connectivity index (χ1v) is 10.2. The number of methoxy groups -OCH3 is 1. The van der Waals surface area contributed by atoms with Crippen molar-refractivity contribution in [3.8, 4) is 5.75 Å². The van der Waals surface area contributed by atoms with Crippen molar-refractivity contribution in [2.75, 3.05) is 7.11 Å². The molecule has 0 heterocycles. The van der Waals surface area contributed by atoms with Crippen molar-refractivity contribution in [1.82, 2.24) is 0 Å². The van der Waals surface area contributed by atoms with Gasteiger partial charge < -0.3 is 9.84 Å².